The van der Waals surface area contributed by atoms with Gasteiger partial charge in [-0.1, -0.05) is 48.6 Å². The van der Waals surface area contributed by atoms with E-state index in [-0.39, 0.29) is 0 Å². The molecule has 0 aromatic heterocycles. The molecule has 0 unspecified atom stereocenters. The minimum Gasteiger partial charge on any atom is -0.298 e. The second-order valence-corrected chi connectivity index (χ2v) is 2.93. The van der Waals surface area contributed by atoms with Crippen LogP contribution in [0.5, 0.6) is 0 Å². The third kappa shape index (κ3) is 2.71. The van der Waals surface area contributed by atoms with Crippen LogP contribution in [-0.4, -0.2) is 6.29 Å². The third-order valence-corrected chi connectivity index (χ3v) is 1.67. The molecule has 13 heavy (non-hydrogen) atoms. The van der Waals surface area contributed by atoms with Crippen LogP contribution in [-0.2, 0) is 0 Å². The van der Waals surface area contributed by atoms with E-state index in [1.165, 1.54) is 0 Å². The maximum Gasteiger partial charge on any atom is 0.150 e. The van der Waals surface area contributed by atoms with E-state index in [4.69, 9.17) is 0 Å². The molecule has 0 bridgehead atoms. The number of rotatable bonds is 3. The van der Waals surface area contributed by atoms with Crippen molar-refractivity contribution in [3.8, 4) is 0 Å². The van der Waals surface area contributed by atoms with Crippen LogP contribution >= 0.6 is 0 Å². The van der Waals surface area contributed by atoms with Gasteiger partial charge < -0.3 is 0 Å². The zero-order chi connectivity index (χ0) is 9.68. The summed E-state index contributed by atoms with van der Waals surface area (Å²) in [5.74, 6) is 0. The molecular formula is C12H12O. The van der Waals surface area contributed by atoms with Crippen molar-refractivity contribution in [1.29, 1.82) is 0 Å². The van der Waals surface area contributed by atoms with E-state index in [9.17, 15) is 4.79 Å². The Morgan fingerprint density at radius 1 is 1.31 bits per heavy atom. The molecule has 66 valence electrons. The first kappa shape index (κ1) is 9.46. The molecule has 1 nitrogen and oxygen atoms in total. The molecule has 0 aliphatic heterocycles. The van der Waals surface area contributed by atoms with Crippen LogP contribution in [0.2, 0.25) is 0 Å². The summed E-state index contributed by atoms with van der Waals surface area (Å²) in [6.45, 7) is 5.67. The fourth-order valence-electron chi connectivity index (χ4n) is 1.00. The fourth-order valence-corrected chi connectivity index (χ4v) is 1.00. The van der Waals surface area contributed by atoms with Gasteiger partial charge in [-0.05, 0) is 12.5 Å². The van der Waals surface area contributed by atoms with Crippen molar-refractivity contribution < 1.29 is 4.79 Å². The number of allylic oxidation sites excluding steroid dienone is 2. The first-order chi connectivity index (χ1) is 6.24. The SMILES string of the molecule is C=C(C)/C=C/c1ccccc1C=O. The Labute approximate surface area is 78.4 Å². The molecule has 1 rings (SSSR count). The van der Waals surface area contributed by atoms with Crippen LogP contribution in [0.4, 0.5) is 0 Å². The third-order valence-electron chi connectivity index (χ3n) is 1.67. The lowest BCUT2D eigenvalue weighted by atomic mass is 10.1. The van der Waals surface area contributed by atoms with Crippen molar-refractivity contribution in [2.75, 3.05) is 0 Å². The van der Waals surface area contributed by atoms with Gasteiger partial charge in [0.2, 0.25) is 0 Å². The molecular weight excluding hydrogens is 160 g/mol. The highest BCUT2D eigenvalue weighted by atomic mass is 16.1. The summed E-state index contributed by atoms with van der Waals surface area (Å²) in [6.07, 6.45) is 4.65. The Bertz CT molecular complexity index is 348. The highest BCUT2D eigenvalue weighted by Crippen LogP contribution is 2.09. The maximum atomic E-state index is 10.6. The number of carbonyl (C=O) groups is 1. The summed E-state index contributed by atoms with van der Waals surface area (Å²) in [7, 11) is 0. The predicted molar refractivity (Wildman–Crippen MR) is 55.7 cm³/mol. The fraction of sp³-hybridized carbons (Fsp3) is 0.0833. The van der Waals surface area contributed by atoms with Crippen LogP contribution < -0.4 is 0 Å². The average molecular weight is 172 g/mol. The lowest BCUT2D eigenvalue weighted by Crippen LogP contribution is -1.83. The van der Waals surface area contributed by atoms with Gasteiger partial charge in [0.25, 0.3) is 0 Å². The Hall–Kier alpha value is -1.63. The lowest BCUT2D eigenvalue weighted by molar-refractivity contribution is 0.112. The summed E-state index contributed by atoms with van der Waals surface area (Å²) < 4.78 is 0. The minimum atomic E-state index is 0.708. The second-order valence-electron chi connectivity index (χ2n) is 2.93. The lowest BCUT2D eigenvalue weighted by Gasteiger charge is -1.96. The molecule has 1 aromatic carbocycles. The van der Waals surface area contributed by atoms with Gasteiger partial charge in [0.05, 0.1) is 0 Å². The van der Waals surface area contributed by atoms with E-state index in [0.29, 0.717) is 5.56 Å². The summed E-state index contributed by atoms with van der Waals surface area (Å²) in [5, 5.41) is 0. The molecule has 0 saturated carbocycles. The normalized spacial score (nSPS) is 10.2. The molecule has 0 N–H and O–H groups in total. The molecule has 0 amide bonds. The molecule has 0 radical (unpaired) electrons. The summed E-state index contributed by atoms with van der Waals surface area (Å²) in [6, 6.07) is 7.46. The molecule has 0 fully saturated rings. The predicted octanol–water partition coefficient (Wildman–Crippen LogP) is 3.09. The standard InChI is InChI=1S/C12H12O/c1-10(2)7-8-11-5-3-4-6-12(11)9-13/h3-9H,1H2,2H3/b8-7+. The largest absolute Gasteiger partial charge is 0.298 e. The highest BCUT2D eigenvalue weighted by Gasteiger charge is 1.94. The van der Waals surface area contributed by atoms with Crippen molar-refractivity contribution in [2.24, 2.45) is 0 Å². The molecule has 0 aliphatic carbocycles. The van der Waals surface area contributed by atoms with Gasteiger partial charge in [-0.2, -0.15) is 0 Å². The van der Waals surface area contributed by atoms with Gasteiger partial charge in [0.1, 0.15) is 0 Å². The zero-order valence-corrected chi connectivity index (χ0v) is 7.66. The van der Waals surface area contributed by atoms with E-state index in [1.807, 2.05) is 37.3 Å². The van der Waals surface area contributed by atoms with Crippen molar-refractivity contribution in [2.45, 2.75) is 6.92 Å². The first-order valence-electron chi connectivity index (χ1n) is 4.12. The van der Waals surface area contributed by atoms with Gasteiger partial charge >= 0.3 is 0 Å². The van der Waals surface area contributed by atoms with Gasteiger partial charge in [-0.25, -0.2) is 0 Å². The number of carbonyl (C=O) groups excluding carboxylic acids is 1. The number of hydrogen-bond acceptors (Lipinski definition) is 1. The monoisotopic (exact) mass is 172 g/mol. The first-order valence-corrected chi connectivity index (χ1v) is 4.12. The quantitative estimate of drug-likeness (QED) is 0.505. The van der Waals surface area contributed by atoms with Crippen molar-refractivity contribution >= 4 is 12.4 Å². The Kier molecular flexibility index (Phi) is 3.21. The van der Waals surface area contributed by atoms with Crippen molar-refractivity contribution in [3.63, 3.8) is 0 Å². The number of benzene rings is 1. The van der Waals surface area contributed by atoms with Crippen LogP contribution in [0.1, 0.15) is 22.8 Å². The van der Waals surface area contributed by atoms with Crippen molar-refractivity contribution in [3.05, 3.63) is 53.6 Å². The minimum absolute atomic E-state index is 0.708. The summed E-state index contributed by atoms with van der Waals surface area (Å²) in [4.78, 5) is 10.6. The van der Waals surface area contributed by atoms with E-state index in [2.05, 4.69) is 6.58 Å². The molecule has 1 heteroatoms. The van der Waals surface area contributed by atoms with E-state index in [1.54, 1.807) is 6.07 Å². The van der Waals surface area contributed by atoms with Gasteiger partial charge in [-0.3, -0.25) is 4.79 Å². The van der Waals surface area contributed by atoms with Gasteiger partial charge in [0.15, 0.2) is 6.29 Å². The van der Waals surface area contributed by atoms with Gasteiger partial charge in [0, 0.05) is 5.56 Å². The molecule has 0 saturated heterocycles. The Balaban J connectivity index is 3.00. The van der Waals surface area contributed by atoms with Crippen LogP contribution in [0, 0.1) is 0 Å². The van der Waals surface area contributed by atoms with Crippen LogP contribution in [0.25, 0.3) is 6.08 Å². The van der Waals surface area contributed by atoms with Crippen LogP contribution in [0.15, 0.2) is 42.5 Å². The topological polar surface area (TPSA) is 17.1 Å². The van der Waals surface area contributed by atoms with Gasteiger partial charge in [-0.15, -0.1) is 0 Å². The van der Waals surface area contributed by atoms with Crippen LogP contribution in [0.3, 0.4) is 0 Å². The molecule has 0 atom stereocenters. The number of hydrogen-bond donors (Lipinski definition) is 0. The Morgan fingerprint density at radius 2 is 1.92 bits per heavy atom. The molecule has 0 heterocycles. The summed E-state index contributed by atoms with van der Waals surface area (Å²) in [5.41, 5.74) is 2.61. The zero-order valence-electron chi connectivity index (χ0n) is 7.66. The molecule has 0 aliphatic rings. The smallest absolute Gasteiger partial charge is 0.150 e. The molecule has 0 spiro atoms. The maximum absolute atomic E-state index is 10.6. The van der Waals surface area contributed by atoms with E-state index in [0.717, 1.165) is 17.4 Å². The number of aldehydes is 1. The van der Waals surface area contributed by atoms with E-state index < -0.39 is 0 Å². The Morgan fingerprint density at radius 3 is 2.46 bits per heavy atom. The average Bonchev–Trinajstić information content (AvgIpc) is 2.15. The molecule has 1 aromatic rings. The summed E-state index contributed by atoms with van der Waals surface area (Å²) >= 11 is 0. The van der Waals surface area contributed by atoms with Crippen molar-refractivity contribution in [1.82, 2.24) is 0 Å². The second kappa shape index (κ2) is 4.41. The highest BCUT2D eigenvalue weighted by molar-refractivity contribution is 5.81. The van der Waals surface area contributed by atoms with E-state index >= 15 is 0 Å².